The molecule has 1 amide bonds. The Morgan fingerprint density at radius 2 is 1.93 bits per heavy atom. The molecule has 1 unspecified atom stereocenters. The van der Waals surface area contributed by atoms with Crippen LogP contribution in [0.5, 0.6) is 0 Å². The number of aromatic nitrogens is 1. The van der Waals surface area contributed by atoms with Crippen LogP contribution in [0.4, 0.5) is 0 Å². The Hall–Kier alpha value is -1.54. The maximum absolute atomic E-state index is 12.7. The second-order valence-electron chi connectivity index (χ2n) is 9.09. The van der Waals surface area contributed by atoms with Gasteiger partial charge in [-0.15, -0.1) is 0 Å². The van der Waals surface area contributed by atoms with E-state index in [2.05, 4.69) is 36.4 Å². The Labute approximate surface area is 181 Å². The average Bonchev–Trinajstić information content (AvgIpc) is 2.81. The van der Waals surface area contributed by atoms with Crippen LogP contribution in [0.3, 0.4) is 0 Å². The Morgan fingerprint density at radius 1 is 1.10 bits per heavy atom. The number of amides is 1. The van der Waals surface area contributed by atoms with E-state index in [0.717, 1.165) is 84.8 Å². The van der Waals surface area contributed by atoms with Crippen molar-refractivity contribution in [1.29, 1.82) is 0 Å². The lowest BCUT2D eigenvalue weighted by atomic mass is 9.93. The van der Waals surface area contributed by atoms with Crippen LogP contribution >= 0.6 is 0 Å². The van der Waals surface area contributed by atoms with Gasteiger partial charge < -0.3 is 10.6 Å². The van der Waals surface area contributed by atoms with Crippen molar-refractivity contribution in [3.05, 3.63) is 30.1 Å². The lowest BCUT2D eigenvalue weighted by Gasteiger charge is -2.42. The molecule has 2 N–H and O–H groups in total. The van der Waals surface area contributed by atoms with Crippen LogP contribution in [0.2, 0.25) is 0 Å². The number of nitrogens with one attached hydrogen (secondary N) is 2. The van der Waals surface area contributed by atoms with Crippen molar-refractivity contribution in [2.45, 2.75) is 38.3 Å². The van der Waals surface area contributed by atoms with Gasteiger partial charge in [0, 0.05) is 70.8 Å². The number of piperazine rings is 1. The van der Waals surface area contributed by atoms with E-state index < -0.39 is 0 Å². The van der Waals surface area contributed by atoms with Crippen LogP contribution in [-0.2, 0) is 11.3 Å². The van der Waals surface area contributed by atoms with Gasteiger partial charge in [0.05, 0.1) is 5.92 Å². The highest BCUT2D eigenvalue weighted by Crippen LogP contribution is 2.24. The summed E-state index contributed by atoms with van der Waals surface area (Å²) < 4.78 is 0. The molecule has 166 valence electrons. The van der Waals surface area contributed by atoms with E-state index in [0.29, 0.717) is 6.04 Å². The number of hydrogen-bond donors (Lipinski definition) is 2. The minimum atomic E-state index is 0.162. The van der Waals surface area contributed by atoms with Gasteiger partial charge in [-0.05, 0) is 56.9 Å². The summed E-state index contributed by atoms with van der Waals surface area (Å²) in [6.07, 6.45) is 8.41. The molecule has 3 aliphatic rings. The first-order valence-electron chi connectivity index (χ1n) is 11.8. The third-order valence-electron chi connectivity index (χ3n) is 6.96. The predicted molar refractivity (Wildman–Crippen MR) is 119 cm³/mol. The van der Waals surface area contributed by atoms with Crippen LogP contribution in [-0.4, -0.2) is 97.1 Å². The van der Waals surface area contributed by atoms with Crippen LogP contribution in [0.25, 0.3) is 0 Å². The number of carbonyl (C=O) groups excluding carboxylic acids is 1. The van der Waals surface area contributed by atoms with Crippen LogP contribution in [0.15, 0.2) is 24.5 Å². The summed E-state index contributed by atoms with van der Waals surface area (Å²) in [6, 6.07) is 4.81. The molecule has 0 bridgehead atoms. The first kappa shape index (κ1) is 21.7. The molecule has 0 spiro atoms. The molecular formula is C23H38N6O. The average molecular weight is 415 g/mol. The van der Waals surface area contributed by atoms with E-state index in [-0.39, 0.29) is 11.8 Å². The number of hydrogen-bond acceptors (Lipinski definition) is 6. The third kappa shape index (κ3) is 6.23. The molecule has 1 aromatic heterocycles. The second kappa shape index (κ2) is 11.2. The zero-order valence-corrected chi connectivity index (χ0v) is 18.3. The minimum Gasteiger partial charge on any atom is -0.355 e. The lowest BCUT2D eigenvalue weighted by Crippen LogP contribution is -2.51. The van der Waals surface area contributed by atoms with Crippen molar-refractivity contribution in [1.82, 2.24) is 30.3 Å². The van der Waals surface area contributed by atoms with Crippen molar-refractivity contribution < 1.29 is 4.79 Å². The van der Waals surface area contributed by atoms with E-state index in [9.17, 15) is 4.79 Å². The van der Waals surface area contributed by atoms with Crippen LogP contribution < -0.4 is 10.6 Å². The van der Waals surface area contributed by atoms with Gasteiger partial charge in [0.1, 0.15) is 0 Å². The normalized spacial score (nSPS) is 25.3. The molecule has 0 aromatic carbocycles. The largest absolute Gasteiger partial charge is 0.355 e. The van der Waals surface area contributed by atoms with Crippen molar-refractivity contribution >= 4 is 5.91 Å². The zero-order chi connectivity index (χ0) is 20.6. The Kier molecular flexibility index (Phi) is 8.08. The SMILES string of the molecule is O=C(NCCN1CCNCC1)C1CCCN(C2CCN(Cc3cccnc3)CC2)C1. The molecule has 30 heavy (non-hydrogen) atoms. The molecule has 1 atom stereocenters. The van der Waals surface area contributed by atoms with E-state index in [1.165, 1.54) is 18.4 Å². The van der Waals surface area contributed by atoms with E-state index in [1.807, 2.05) is 18.5 Å². The second-order valence-corrected chi connectivity index (χ2v) is 9.09. The Bertz CT molecular complexity index is 642. The van der Waals surface area contributed by atoms with Crippen molar-refractivity contribution in [2.75, 3.05) is 65.4 Å². The highest BCUT2D eigenvalue weighted by atomic mass is 16.1. The fourth-order valence-corrected chi connectivity index (χ4v) is 5.16. The molecule has 0 radical (unpaired) electrons. The highest BCUT2D eigenvalue weighted by Gasteiger charge is 2.31. The van der Waals surface area contributed by atoms with Gasteiger partial charge in [-0.2, -0.15) is 0 Å². The van der Waals surface area contributed by atoms with Gasteiger partial charge in [-0.1, -0.05) is 6.07 Å². The summed E-state index contributed by atoms with van der Waals surface area (Å²) in [4.78, 5) is 24.5. The van der Waals surface area contributed by atoms with Crippen LogP contribution in [0, 0.1) is 5.92 Å². The molecule has 3 aliphatic heterocycles. The number of rotatable bonds is 7. The first-order valence-corrected chi connectivity index (χ1v) is 11.8. The van der Waals surface area contributed by atoms with Gasteiger partial charge in [-0.25, -0.2) is 0 Å². The van der Waals surface area contributed by atoms with E-state index >= 15 is 0 Å². The quantitative estimate of drug-likeness (QED) is 0.688. The van der Waals surface area contributed by atoms with Gasteiger partial charge >= 0.3 is 0 Å². The number of pyridine rings is 1. The molecule has 1 aromatic rings. The zero-order valence-electron chi connectivity index (χ0n) is 18.3. The van der Waals surface area contributed by atoms with E-state index in [4.69, 9.17) is 0 Å². The molecular weight excluding hydrogens is 376 g/mol. The number of piperidine rings is 2. The molecule has 3 saturated heterocycles. The van der Waals surface area contributed by atoms with Crippen molar-refractivity contribution in [3.8, 4) is 0 Å². The summed E-state index contributed by atoms with van der Waals surface area (Å²) in [7, 11) is 0. The molecule has 7 nitrogen and oxygen atoms in total. The van der Waals surface area contributed by atoms with Gasteiger partial charge in [0.15, 0.2) is 0 Å². The van der Waals surface area contributed by atoms with E-state index in [1.54, 1.807) is 0 Å². The minimum absolute atomic E-state index is 0.162. The summed E-state index contributed by atoms with van der Waals surface area (Å²) in [6.45, 7) is 11.4. The predicted octanol–water partition coefficient (Wildman–Crippen LogP) is 0.779. The molecule has 0 aliphatic carbocycles. The van der Waals surface area contributed by atoms with Gasteiger partial charge in [0.25, 0.3) is 0 Å². The summed E-state index contributed by atoms with van der Waals surface area (Å²) in [5.74, 6) is 0.430. The standard InChI is InChI=1S/C23H38N6O/c30-23(26-10-16-27-14-8-24-9-15-27)21-4-2-11-29(19-21)22-5-12-28(13-6-22)18-20-3-1-7-25-17-20/h1,3,7,17,21-22,24H,2,4-6,8-16,18-19H2,(H,26,30). The molecule has 4 rings (SSSR count). The topological polar surface area (TPSA) is 63.7 Å². The Morgan fingerprint density at radius 3 is 2.70 bits per heavy atom. The number of likely N-dealkylation sites (tertiary alicyclic amines) is 2. The molecule has 3 fully saturated rings. The maximum atomic E-state index is 12.7. The fourth-order valence-electron chi connectivity index (χ4n) is 5.16. The maximum Gasteiger partial charge on any atom is 0.224 e. The summed E-state index contributed by atoms with van der Waals surface area (Å²) in [5, 5.41) is 6.59. The number of nitrogens with zero attached hydrogens (tertiary/aromatic N) is 4. The summed E-state index contributed by atoms with van der Waals surface area (Å²) in [5.41, 5.74) is 1.30. The smallest absolute Gasteiger partial charge is 0.224 e. The lowest BCUT2D eigenvalue weighted by molar-refractivity contribution is -0.127. The van der Waals surface area contributed by atoms with Crippen molar-refractivity contribution in [2.24, 2.45) is 5.92 Å². The number of carbonyl (C=O) groups is 1. The highest BCUT2D eigenvalue weighted by molar-refractivity contribution is 5.78. The molecule has 0 saturated carbocycles. The van der Waals surface area contributed by atoms with Gasteiger partial charge in [0.2, 0.25) is 5.91 Å². The molecule has 7 heteroatoms. The summed E-state index contributed by atoms with van der Waals surface area (Å²) >= 11 is 0. The van der Waals surface area contributed by atoms with Crippen LogP contribution in [0.1, 0.15) is 31.2 Å². The monoisotopic (exact) mass is 414 g/mol. The molecule has 4 heterocycles. The van der Waals surface area contributed by atoms with Crippen molar-refractivity contribution in [3.63, 3.8) is 0 Å². The fraction of sp³-hybridized carbons (Fsp3) is 0.739. The Balaban J connectivity index is 1.17. The van der Waals surface area contributed by atoms with Gasteiger partial charge in [-0.3, -0.25) is 24.5 Å². The first-order chi connectivity index (χ1) is 14.8. The third-order valence-corrected chi connectivity index (χ3v) is 6.96.